The highest BCUT2D eigenvalue weighted by Gasteiger charge is 2.33. The van der Waals surface area contributed by atoms with E-state index >= 15 is 0 Å². The summed E-state index contributed by atoms with van der Waals surface area (Å²) in [5.41, 5.74) is 2.71. The zero-order valence-corrected chi connectivity index (χ0v) is 13.2. The highest BCUT2D eigenvalue weighted by molar-refractivity contribution is 7.00. The normalized spacial score (nSPS) is 17.2. The topological polar surface area (TPSA) is 61.3 Å². The van der Waals surface area contributed by atoms with Crippen molar-refractivity contribution < 1.29 is 27.4 Å². The summed E-state index contributed by atoms with van der Waals surface area (Å²) in [4.78, 5) is 11.9. The Balaban J connectivity index is 1.76. The first-order valence-electron chi connectivity index (χ1n) is 7.22. The fraction of sp³-hybridized carbons (Fsp3) is 0.188. The number of carbonyl (C=O) groups excluding carboxylic acids is 1. The van der Waals surface area contributed by atoms with Crippen LogP contribution < -0.4 is 9.47 Å². The first-order chi connectivity index (χ1) is 11.9. The molecule has 25 heavy (non-hydrogen) atoms. The van der Waals surface area contributed by atoms with Crippen LogP contribution in [0.5, 0.6) is 11.5 Å². The Morgan fingerprint density at radius 3 is 2.60 bits per heavy atom. The van der Waals surface area contributed by atoms with E-state index in [9.17, 15) is 18.0 Å². The monoisotopic (exact) mass is 366 g/mol. The Morgan fingerprint density at radius 1 is 1.12 bits per heavy atom. The Morgan fingerprint density at radius 2 is 1.88 bits per heavy atom. The molecule has 2 aromatic carbocycles. The smallest absolute Gasteiger partial charge is 0.426 e. The number of benzene rings is 2. The number of carbonyl (C=O) groups is 1. The second-order valence-electron chi connectivity index (χ2n) is 5.46. The van der Waals surface area contributed by atoms with Crippen LogP contribution in [0.3, 0.4) is 0 Å². The van der Waals surface area contributed by atoms with E-state index in [1.54, 1.807) is 12.1 Å². The highest BCUT2D eigenvalue weighted by atomic mass is 32.1. The van der Waals surface area contributed by atoms with Crippen LogP contribution >= 0.6 is 11.7 Å². The van der Waals surface area contributed by atoms with E-state index in [1.165, 1.54) is 24.3 Å². The van der Waals surface area contributed by atoms with Gasteiger partial charge in [-0.2, -0.15) is 8.75 Å². The van der Waals surface area contributed by atoms with Crippen molar-refractivity contribution in [2.45, 2.75) is 18.7 Å². The largest absolute Gasteiger partial charge is 0.573 e. The van der Waals surface area contributed by atoms with Crippen molar-refractivity contribution in [2.75, 3.05) is 0 Å². The third kappa shape index (κ3) is 3.02. The van der Waals surface area contributed by atoms with Crippen molar-refractivity contribution in [3.63, 3.8) is 0 Å². The number of fused-ring (bicyclic) bond motifs is 3. The van der Waals surface area contributed by atoms with E-state index in [0.717, 1.165) is 17.3 Å². The quantitative estimate of drug-likeness (QED) is 0.506. The van der Waals surface area contributed by atoms with Crippen LogP contribution in [0.4, 0.5) is 13.2 Å². The molecule has 0 radical (unpaired) electrons. The summed E-state index contributed by atoms with van der Waals surface area (Å²) >= 11 is 1.05. The van der Waals surface area contributed by atoms with E-state index in [2.05, 4.69) is 13.5 Å². The van der Waals surface area contributed by atoms with Crippen molar-refractivity contribution in [1.82, 2.24) is 8.75 Å². The third-order valence-electron chi connectivity index (χ3n) is 3.89. The molecule has 0 unspecified atom stereocenters. The molecule has 9 heteroatoms. The van der Waals surface area contributed by atoms with Gasteiger partial charge in [0.25, 0.3) is 0 Å². The molecule has 0 saturated heterocycles. The molecular formula is C16H9F3N2O3S. The summed E-state index contributed by atoms with van der Waals surface area (Å²) in [5, 5.41) is 0. The Labute approximate surface area is 143 Å². The Bertz CT molecular complexity index is 953. The number of alkyl halides is 3. The lowest BCUT2D eigenvalue weighted by molar-refractivity contribution is -0.274. The molecule has 128 valence electrons. The second kappa shape index (κ2) is 5.69. The molecule has 2 heterocycles. The summed E-state index contributed by atoms with van der Waals surface area (Å²) < 4.78 is 54.5. The van der Waals surface area contributed by atoms with Gasteiger partial charge in [0.2, 0.25) is 0 Å². The summed E-state index contributed by atoms with van der Waals surface area (Å²) in [7, 11) is 0. The number of rotatable bonds is 2. The highest BCUT2D eigenvalue weighted by Crippen LogP contribution is 2.42. The van der Waals surface area contributed by atoms with Gasteiger partial charge in [0.05, 0.1) is 18.1 Å². The number of aromatic nitrogens is 2. The first-order valence-corrected chi connectivity index (χ1v) is 7.95. The minimum Gasteiger partial charge on any atom is -0.426 e. The summed E-state index contributed by atoms with van der Waals surface area (Å²) in [6, 6.07) is 8.83. The average Bonchev–Trinajstić information content (AvgIpc) is 3.01. The van der Waals surface area contributed by atoms with E-state index in [1.807, 2.05) is 0 Å². The van der Waals surface area contributed by atoms with Gasteiger partial charge in [-0.25, -0.2) is 0 Å². The van der Waals surface area contributed by atoms with Crippen LogP contribution in [-0.4, -0.2) is 21.1 Å². The number of esters is 1. The molecule has 3 aromatic rings. The molecule has 5 nitrogen and oxygen atoms in total. The molecule has 0 bridgehead atoms. The molecule has 0 saturated carbocycles. The number of hydrogen-bond donors (Lipinski definition) is 0. The van der Waals surface area contributed by atoms with Gasteiger partial charge in [-0.05, 0) is 29.8 Å². The van der Waals surface area contributed by atoms with Crippen molar-refractivity contribution in [2.24, 2.45) is 0 Å². The maximum Gasteiger partial charge on any atom is 0.573 e. The average molecular weight is 366 g/mol. The van der Waals surface area contributed by atoms with Crippen LogP contribution in [-0.2, 0) is 4.79 Å². The van der Waals surface area contributed by atoms with Crippen molar-refractivity contribution >= 4 is 28.7 Å². The van der Waals surface area contributed by atoms with Gasteiger partial charge in [0.15, 0.2) is 0 Å². The zero-order chi connectivity index (χ0) is 17.6. The van der Waals surface area contributed by atoms with Gasteiger partial charge in [-0.1, -0.05) is 12.1 Å². The molecule has 1 aromatic heterocycles. The van der Waals surface area contributed by atoms with Gasteiger partial charge < -0.3 is 9.47 Å². The molecule has 1 aliphatic rings. The van der Waals surface area contributed by atoms with E-state index in [4.69, 9.17) is 4.74 Å². The number of hydrogen-bond acceptors (Lipinski definition) is 6. The number of halogens is 3. The molecule has 1 atom stereocenters. The van der Waals surface area contributed by atoms with E-state index in [0.29, 0.717) is 22.3 Å². The molecule has 0 aliphatic carbocycles. The first kappa shape index (κ1) is 15.8. The fourth-order valence-electron chi connectivity index (χ4n) is 2.90. The zero-order valence-electron chi connectivity index (χ0n) is 12.4. The van der Waals surface area contributed by atoms with Gasteiger partial charge in [-0.3, -0.25) is 4.79 Å². The molecule has 0 N–H and O–H groups in total. The summed E-state index contributed by atoms with van der Waals surface area (Å²) in [5.74, 6) is -0.695. The standard InChI is InChI=1S/C16H9F3N2O3S/c17-16(18,19)24-9-3-1-8(2-4-9)10-7-13(22)23-12-6-5-11-15(14(10)12)21-25-20-11/h1-6,10H,7H2/t10-/m0/s1. The van der Waals surface area contributed by atoms with Crippen molar-refractivity contribution in [3.8, 4) is 11.5 Å². The third-order valence-corrected chi connectivity index (χ3v) is 4.43. The lowest BCUT2D eigenvalue weighted by Crippen LogP contribution is -2.21. The maximum atomic E-state index is 12.3. The van der Waals surface area contributed by atoms with Crippen LogP contribution in [0.2, 0.25) is 0 Å². The SMILES string of the molecule is O=C1C[C@@H](c2ccc(OC(F)(F)F)cc2)c2c(ccc3nsnc23)O1. The van der Waals surface area contributed by atoms with Gasteiger partial charge >= 0.3 is 12.3 Å². The van der Waals surface area contributed by atoms with Crippen LogP contribution in [0.1, 0.15) is 23.5 Å². The lowest BCUT2D eigenvalue weighted by atomic mass is 9.85. The fourth-order valence-corrected chi connectivity index (χ4v) is 3.45. The maximum absolute atomic E-state index is 12.3. The Hall–Kier alpha value is -2.68. The van der Waals surface area contributed by atoms with Gasteiger partial charge in [0.1, 0.15) is 22.5 Å². The minimum absolute atomic E-state index is 0.0725. The van der Waals surface area contributed by atoms with Crippen molar-refractivity contribution in [1.29, 1.82) is 0 Å². The molecular weight excluding hydrogens is 357 g/mol. The predicted octanol–water partition coefficient (Wildman–Crippen LogP) is 4.03. The molecule has 0 fully saturated rings. The predicted molar refractivity (Wildman–Crippen MR) is 82.6 cm³/mol. The molecule has 0 amide bonds. The Kier molecular flexibility index (Phi) is 3.60. The molecule has 1 aliphatic heterocycles. The van der Waals surface area contributed by atoms with E-state index in [-0.39, 0.29) is 18.1 Å². The lowest BCUT2D eigenvalue weighted by Gasteiger charge is -2.25. The van der Waals surface area contributed by atoms with E-state index < -0.39 is 12.3 Å². The van der Waals surface area contributed by atoms with Crippen LogP contribution in [0, 0.1) is 0 Å². The van der Waals surface area contributed by atoms with Crippen LogP contribution in [0.15, 0.2) is 36.4 Å². The summed E-state index contributed by atoms with van der Waals surface area (Å²) in [6.45, 7) is 0. The second-order valence-corrected chi connectivity index (χ2v) is 5.99. The molecule has 4 rings (SSSR count). The van der Waals surface area contributed by atoms with Gasteiger partial charge in [-0.15, -0.1) is 13.2 Å². The van der Waals surface area contributed by atoms with Crippen LogP contribution in [0.25, 0.3) is 11.0 Å². The van der Waals surface area contributed by atoms with Crippen molar-refractivity contribution in [3.05, 3.63) is 47.5 Å². The minimum atomic E-state index is -4.75. The van der Waals surface area contributed by atoms with Gasteiger partial charge in [0, 0.05) is 11.5 Å². The number of nitrogens with zero attached hydrogens (tertiary/aromatic N) is 2. The molecule has 0 spiro atoms. The number of ether oxygens (including phenoxy) is 2. The summed E-state index contributed by atoms with van der Waals surface area (Å²) in [6.07, 6.45) is -4.68.